The van der Waals surface area contributed by atoms with Crippen molar-refractivity contribution < 1.29 is 13.6 Å². The molecule has 7 nitrogen and oxygen atoms in total. The first-order chi connectivity index (χ1) is 19.1. The molecule has 0 N–H and O–H groups in total. The first kappa shape index (κ1) is 22.7. The first-order valence-corrected chi connectivity index (χ1v) is 12.1. The van der Waals surface area contributed by atoms with Gasteiger partial charge in [0.1, 0.15) is 17.1 Å². The molecule has 7 aromatic rings. The van der Waals surface area contributed by atoms with Gasteiger partial charge in [0.25, 0.3) is 0 Å². The predicted octanol–water partition coefficient (Wildman–Crippen LogP) is 6.36. The van der Waals surface area contributed by atoms with Crippen LogP contribution in [0.15, 0.2) is 107 Å². The Morgan fingerprint density at radius 3 is 2.59 bits per heavy atom. The molecule has 0 unspecified atom stereocenters. The lowest BCUT2D eigenvalue weighted by molar-refractivity contribution is 0.112. The van der Waals surface area contributed by atoms with Crippen molar-refractivity contribution in [1.82, 2.24) is 19.7 Å². The van der Waals surface area contributed by atoms with E-state index in [9.17, 15) is 14.0 Å². The molecular weight excluding hydrogens is 495 g/mol. The SMILES string of the molecule is O=Cc1cn(-c2nc3ncccc3cc2-c2cccc(F)c2)nc1-c1cc2c(ccc3ccccc32)oc1=O. The van der Waals surface area contributed by atoms with E-state index in [-0.39, 0.29) is 16.8 Å². The van der Waals surface area contributed by atoms with Gasteiger partial charge in [0.15, 0.2) is 17.8 Å². The summed E-state index contributed by atoms with van der Waals surface area (Å²) in [5, 5.41) is 8.00. The van der Waals surface area contributed by atoms with E-state index in [1.807, 2.05) is 42.5 Å². The third-order valence-corrected chi connectivity index (χ3v) is 6.69. The lowest BCUT2D eigenvalue weighted by Crippen LogP contribution is -2.06. The number of carbonyl (C=O) groups is 1. The van der Waals surface area contributed by atoms with Gasteiger partial charge in [-0.3, -0.25) is 4.79 Å². The topological polar surface area (TPSA) is 90.9 Å². The Morgan fingerprint density at radius 1 is 0.846 bits per heavy atom. The van der Waals surface area contributed by atoms with E-state index in [2.05, 4.69) is 10.1 Å². The number of halogens is 1. The fourth-order valence-electron chi connectivity index (χ4n) is 4.87. The summed E-state index contributed by atoms with van der Waals surface area (Å²) >= 11 is 0. The fraction of sp³-hybridized carbons (Fsp3) is 0. The zero-order valence-electron chi connectivity index (χ0n) is 20.2. The first-order valence-electron chi connectivity index (χ1n) is 12.1. The van der Waals surface area contributed by atoms with Gasteiger partial charge in [0.2, 0.25) is 0 Å². The molecule has 8 heteroatoms. The average molecular weight is 513 g/mol. The van der Waals surface area contributed by atoms with Gasteiger partial charge in [0, 0.05) is 28.7 Å². The van der Waals surface area contributed by atoms with Crippen molar-refractivity contribution in [1.29, 1.82) is 0 Å². The van der Waals surface area contributed by atoms with Crippen LogP contribution in [-0.4, -0.2) is 26.0 Å². The standard InChI is InChI=1S/C31H17FN4O3/c32-22-8-3-6-19(13-22)24-14-20-7-4-12-33-29(20)34-30(24)36-16-21(17-37)28(35-36)26-15-25-23-9-2-1-5-18(23)10-11-27(25)39-31(26)38/h1-17H. The molecule has 3 aromatic carbocycles. The second kappa shape index (κ2) is 8.81. The summed E-state index contributed by atoms with van der Waals surface area (Å²) in [7, 11) is 0. The highest BCUT2D eigenvalue weighted by Crippen LogP contribution is 2.32. The average Bonchev–Trinajstić information content (AvgIpc) is 3.40. The number of nitrogens with zero attached hydrogens (tertiary/aromatic N) is 4. The molecule has 0 spiro atoms. The Labute approximate surface area is 219 Å². The number of hydrogen-bond donors (Lipinski definition) is 0. The van der Waals surface area contributed by atoms with Gasteiger partial charge in [-0.2, -0.15) is 5.10 Å². The van der Waals surface area contributed by atoms with E-state index in [0.717, 1.165) is 21.5 Å². The lowest BCUT2D eigenvalue weighted by Gasteiger charge is -2.11. The van der Waals surface area contributed by atoms with Crippen LogP contribution in [0.5, 0.6) is 0 Å². The van der Waals surface area contributed by atoms with E-state index >= 15 is 0 Å². The normalized spacial score (nSPS) is 11.4. The van der Waals surface area contributed by atoms with Crippen LogP contribution >= 0.6 is 0 Å². The van der Waals surface area contributed by atoms with Gasteiger partial charge in [-0.25, -0.2) is 23.8 Å². The number of pyridine rings is 2. The van der Waals surface area contributed by atoms with Gasteiger partial charge in [-0.05, 0) is 58.8 Å². The molecule has 0 bridgehead atoms. The second-order valence-electron chi connectivity index (χ2n) is 9.06. The number of carbonyl (C=O) groups excluding carboxylic acids is 1. The number of benzene rings is 3. The minimum absolute atomic E-state index is 0.144. The minimum Gasteiger partial charge on any atom is -0.422 e. The van der Waals surface area contributed by atoms with E-state index in [0.29, 0.717) is 34.5 Å². The maximum absolute atomic E-state index is 14.2. The Hall–Kier alpha value is -5.50. The third kappa shape index (κ3) is 3.77. The summed E-state index contributed by atoms with van der Waals surface area (Å²) < 4.78 is 21.2. The quantitative estimate of drug-likeness (QED) is 0.155. The van der Waals surface area contributed by atoms with Crippen molar-refractivity contribution in [2.75, 3.05) is 0 Å². The lowest BCUT2D eigenvalue weighted by atomic mass is 10.0. The molecule has 39 heavy (non-hydrogen) atoms. The summed E-state index contributed by atoms with van der Waals surface area (Å²) in [6.07, 6.45) is 3.75. The Balaban J connectivity index is 1.48. The summed E-state index contributed by atoms with van der Waals surface area (Å²) in [6, 6.07) is 24.7. The summed E-state index contributed by atoms with van der Waals surface area (Å²) in [4.78, 5) is 34.3. The Bertz CT molecular complexity index is 2150. The monoisotopic (exact) mass is 512 g/mol. The van der Waals surface area contributed by atoms with Crippen molar-refractivity contribution in [3.8, 4) is 28.2 Å². The summed E-state index contributed by atoms with van der Waals surface area (Å²) in [6.45, 7) is 0. The molecule has 0 amide bonds. The molecule has 0 saturated heterocycles. The van der Waals surface area contributed by atoms with Crippen LogP contribution in [0.1, 0.15) is 10.4 Å². The van der Waals surface area contributed by atoms with Crippen LogP contribution < -0.4 is 5.63 Å². The molecule has 0 saturated carbocycles. The molecule has 186 valence electrons. The molecule has 0 atom stereocenters. The van der Waals surface area contributed by atoms with Gasteiger partial charge >= 0.3 is 5.63 Å². The van der Waals surface area contributed by atoms with Gasteiger partial charge in [-0.1, -0.05) is 42.5 Å². The van der Waals surface area contributed by atoms with Crippen LogP contribution in [0.2, 0.25) is 0 Å². The maximum atomic E-state index is 14.2. The molecule has 0 aliphatic heterocycles. The predicted molar refractivity (Wildman–Crippen MR) is 146 cm³/mol. The van der Waals surface area contributed by atoms with Crippen molar-refractivity contribution in [3.05, 3.63) is 119 Å². The van der Waals surface area contributed by atoms with E-state index < -0.39 is 11.4 Å². The molecule has 0 aliphatic rings. The number of aromatic nitrogens is 4. The molecule has 0 aliphatic carbocycles. The van der Waals surface area contributed by atoms with E-state index in [4.69, 9.17) is 9.40 Å². The number of hydrogen-bond acceptors (Lipinski definition) is 6. The third-order valence-electron chi connectivity index (χ3n) is 6.69. The van der Waals surface area contributed by atoms with Crippen LogP contribution in [0.25, 0.3) is 61.0 Å². The molecule has 0 radical (unpaired) electrons. The van der Waals surface area contributed by atoms with Crippen LogP contribution in [-0.2, 0) is 0 Å². The van der Waals surface area contributed by atoms with Crippen LogP contribution in [0, 0.1) is 5.82 Å². The van der Waals surface area contributed by atoms with Crippen LogP contribution in [0.4, 0.5) is 4.39 Å². The number of rotatable bonds is 4. The number of fused-ring (bicyclic) bond motifs is 4. The van der Waals surface area contributed by atoms with Gasteiger partial charge < -0.3 is 4.42 Å². The van der Waals surface area contributed by atoms with Crippen LogP contribution in [0.3, 0.4) is 0 Å². The molecular formula is C31H17FN4O3. The second-order valence-corrected chi connectivity index (χ2v) is 9.06. The maximum Gasteiger partial charge on any atom is 0.345 e. The highest BCUT2D eigenvalue weighted by atomic mass is 19.1. The van der Waals surface area contributed by atoms with Crippen molar-refractivity contribution in [3.63, 3.8) is 0 Å². The van der Waals surface area contributed by atoms with Gasteiger partial charge in [-0.15, -0.1) is 0 Å². The highest BCUT2D eigenvalue weighted by molar-refractivity contribution is 6.06. The highest BCUT2D eigenvalue weighted by Gasteiger charge is 2.20. The number of aldehydes is 1. The zero-order valence-corrected chi connectivity index (χ0v) is 20.2. The van der Waals surface area contributed by atoms with Gasteiger partial charge in [0.05, 0.1) is 11.1 Å². The van der Waals surface area contributed by atoms with Crippen molar-refractivity contribution in [2.24, 2.45) is 0 Å². The molecule has 7 rings (SSSR count). The molecule has 4 heterocycles. The summed E-state index contributed by atoms with van der Waals surface area (Å²) in [5.41, 5.74) is 1.90. The molecule has 4 aromatic heterocycles. The zero-order chi connectivity index (χ0) is 26.5. The fourth-order valence-corrected chi connectivity index (χ4v) is 4.87. The van der Waals surface area contributed by atoms with E-state index in [1.165, 1.54) is 23.0 Å². The van der Waals surface area contributed by atoms with Crippen molar-refractivity contribution in [2.45, 2.75) is 0 Å². The summed E-state index contributed by atoms with van der Waals surface area (Å²) in [5.74, 6) is -0.0720. The van der Waals surface area contributed by atoms with E-state index in [1.54, 1.807) is 36.5 Å². The largest absolute Gasteiger partial charge is 0.422 e. The minimum atomic E-state index is -0.621. The Morgan fingerprint density at radius 2 is 1.72 bits per heavy atom. The smallest absolute Gasteiger partial charge is 0.345 e. The molecule has 0 fully saturated rings. The Kier molecular flexibility index (Phi) is 5.12. The van der Waals surface area contributed by atoms with Crippen molar-refractivity contribution >= 4 is 39.1 Å².